The van der Waals surface area contributed by atoms with Crippen LogP contribution in [0.4, 0.5) is 4.79 Å². The van der Waals surface area contributed by atoms with E-state index >= 15 is 0 Å². The van der Waals surface area contributed by atoms with Crippen molar-refractivity contribution in [2.45, 2.75) is 31.6 Å². The molecule has 1 aliphatic rings. The molecule has 0 bridgehead atoms. The van der Waals surface area contributed by atoms with Gasteiger partial charge in [-0.15, -0.1) is 0 Å². The number of benzene rings is 1. The van der Waals surface area contributed by atoms with Gasteiger partial charge in [-0.2, -0.15) is 0 Å². The molecule has 0 aliphatic carbocycles. The van der Waals surface area contributed by atoms with Gasteiger partial charge in [0.2, 0.25) is 5.91 Å². The average molecular weight is 336 g/mol. The molecule has 2 atom stereocenters. The topological polar surface area (TPSA) is 88.1 Å². The molecule has 2 N–H and O–H groups in total. The van der Waals surface area contributed by atoms with E-state index in [2.05, 4.69) is 5.32 Å². The molecule has 1 saturated heterocycles. The lowest BCUT2D eigenvalue weighted by Gasteiger charge is -2.23. The molecular formula is C17H24N2O5. The van der Waals surface area contributed by atoms with Crippen LogP contribution in [0, 0.1) is 0 Å². The van der Waals surface area contributed by atoms with Crippen molar-refractivity contribution in [1.82, 2.24) is 10.2 Å². The van der Waals surface area contributed by atoms with E-state index in [1.807, 2.05) is 30.3 Å². The largest absolute Gasteiger partial charge is 0.445 e. The number of ether oxygens (including phenoxy) is 2. The smallest absolute Gasteiger partial charge is 0.410 e. The number of carbonyl (C=O) groups is 2. The van der Waals surface area contributed by atoms with Crippen LogP contribution in [-0.4, -0.2) is 61.0 Å². The van der Waals surface area contributed by atoms with Crippen molar-refractivity contribution in [3.63, 3.8) is 0 Å². The number of likely N-dealkylation sites (tertiary alicyclic amines) is 1. The van der Waals surface area contributed by atoms with Gasteiger partial charge >= 0.3 is 6.09 Å². The molecule has 1 fully saturated rings. The van der Waals surface area contributed by atoms with Crippen LogP contribution in [0.2, 0.25) is 0 Å². The normalized spacial score (nSPS) is 20.0. The Bertz CT molecular complexity index is 537. The summed E-state index contributed by atoms with van der Waals surface area (Å²) in [7, 11) is 1.60. The predicted octanol–water partition coefficient (Wildman–Crippen LogP) is 0.911. The highest BCUT2D eigenvalue weighted by Gasteiger charge is 2.39. The fraction of sp³-hybridized carbons (Fsp3) is 0.529. The number of aliphatic hydroxyl groups excluding tert-OH is 1. The van der Waals surface area contributed by atoms with E-state index in [0.29, 0.717) is 19.6 Å². The lowest BCUT2D eigenvalue weighted by molar-refractivity contribution is -0.125. The first-order valence-electron chi connectivity index (χ1n) is 8.04. The highest BCUT2D eigenvalue weighted by atomic mass is 16.6. The van der Waals surface area contributed by atoms with Crippen LogP contribution >= 0.6 is 0 Å². The van der Waals surface area contributed by atoms with Gasteiger partial charge in [-0.25, -0.2) is 4.79 Å². The van der Waals surface area contributed by atoms with Gasteiger partial charge in [0.05, 0.1) is 12.6 Å². The van der Waals surface area contributed by atoms with E-state index in [1.54, 1.807) is 7.11 Å². The number of hydrogen-bond acceptors (Lipinski definition) is 5. The molecular weight excluding hydrogens is 312 g/mol. The van der Waals surface area contributed by atoms with Gasteiger partial charge in [-0.1, -0.05) is 30.3 Å². The third-order valence-corrected chi connectivity index (χ3v) is 3.85. The van der Waals surface area contributed by atoms with Gasteiger partial charge in [-0.05, 0) is 12.0 Å². The molecule has 1 aromatic rings. The zero-order chi connectivity index (χ0) is 17.4. The molecule has 7 nitrogen and oxygen atoms in total. The quantitative estimate of drug-likeness (QED) is 0.723. The third-order valence-electron chi connectivity index (χ3n) is 3.85. The first-order chi connectivity index (χ1) is 11.6. The van der Waals surface area contributed by atoms with Crippen molar-refractivity contribution >= 4 is 12.0 Å². The van der Waals surface area contributed by atoms with Crippen molar-refractivity contribution < 1.29 is 24.2 Å². The van der Waals surface area contributed by atoms with Crippen LogP contribution in [-0.2, 0) is 20.9 Å². The summed E-state index contributed by atoms with van der Waals surface area (Å²) in [5.41, 5.74) is 0.867. The van der Waals surface area contributed by atoms with E-state index in [9.17, 15) is 14.7 Å². The van der Waals surface area contributed by atoms with Crippen LogP contribution in [0.1, 0.15) is 18.4 Å². The van der Waals surface area contributed by atoms with Gasteiger partial charge in [-0.3, -0.25) is 9.69 Å². The van der Waals surface area contributed by atoms with Gasteiger partial charge in [0.25, 0.3) is 0 Å². The molecule has 1 heterocycles. The minimum absolute atomic E-state index is 0.101. The number of β-amino-alcohol motifs (C(OH)–C–C–N with tert-alkyl or cyclic N) is 1. The van der Waals surface area contributed by atoms with Crippen molar-refractivity contribution in [2.75, 3.05) is 26.8 Å². The Labute approximate surface area is 141 Å². The van der Waals surface area contributed by atoms with Gasteiger partial charge in [0, 0.05) is 26.7 Å². The summed E-state index contributed by atoms with van der Waals surface area (Å²) in [6.07, 6.45) is -0.400. The van der Waals surface area contributed by atoms with E-state index in [-0.39, 0.29) is 25.5 Å². The van der Waals surface area contributed by atoms with Crippen LogP contribution < -0.4 is 5.32 Å². The summed E-state index contributed by atoms with van der Waals surface area (Å²) in [6.45, 7) is 1.25. The maximum absolute atomic E-state index is 12.2. The van der Waals surface area contributed by atoms with Crippen LogP contribution in [0.25, 0.3) is 0 Å². The minimum Gasteiger partial charge on any atom is -0.445 e. The first kappa shape index (κ1) is 18.2. The maximum atomic E-state index is 12.2. The number of rotatable bonds is 7. The lowest BCUT2D eigenvalue weighted by Crippen LogP contribution is -2.46. The standard InChI is InChI=1S/C17H24N2O5/c1-23-9-5-8-18-16(21)15-10-14(20)11-19(15)17(22)24-12-13-6-3-2-4-7-13/h2-4,6-7,14-15,20H,5,8-12H2,1H3,(H,18,21)/t14-,15-/m0/s1. The number of carbonyl (C=O) groups excluding carboxylic acids is 2. The average Bonchev–Trinajstić information content (AvgIpc) is 2.99. The molecule has 1 aromatic carbocycles. The predicted molar refractivity (Wildman–Crippen MR) is 87.2 cm³/mol. The summed E-state index contributed by atoms with van der Waals surface area (Å²) in [6, 6.07) is 8.60. The number of nitrogens with one attached hydrogen (secondary N) is 1. The van der Waals surface area contributed by atoms with Gasteiger partial charge < -0.3 is 19.9 Å². The fourth-order valence-electron chi connectivity index (χ4n) is 2.61. The highest BCUT2D eigenvalue weighted by Crippen LogP contribution is 2.19. The molecule has 1 aliphatic heterocycles. The SMILES string of the molecule is COCCCNC(=O)[C@@H]1C[C@H](O)CN1C(=O)OCc1ccccc1. The Hall–Kier alpha value is -2.12. The number of amides is 2. The molecule has 0 saturated carbocycles. The number of hydrogen-bond donors (Lipinski definition) is 2. The summed E-state index contributed by atoms with van der Waals surface area (Å²) in [5.74, 6) is -0.278. The van der Waals surface area contributed by atoms with Crippen molar-refractivity contribution in [2.24, 2.45) is 0 Å². The van der Waals surface area contributed by atoms with Crippen molar-refractivity contribution in [3.8, 4) is 0 Å². The van der Waals surface area contributed by atoms with E-state index in [0.717, 1.165) is 5.56 Å². The van der Waals surface area contributed by atoms with Crippen molar-refractivity contribution in [1.29, 1.82) is 0 Å². The van der Waals surface area contributed by atoms with Crippen LogP contribution in [0.15, 0.2) is 30.3 Å². The van der Waals surface area contributed by atoms with Gasteiger partial charge in [0.1, 0.15) is 12.6 Å². The van der Waals surface area contributed by atoms with Gasteiger partial charge in [0.15, 0.2) is 0 Å². The monoisotopic (exact) mass is 336 g/mol. The highest BCUT2D eigenvalue weighted by molar-refractivity contribution is 5.86. The summed E-state index contributed by atoms with van der Waals surface area (Å²) in [5, 5.41) is 12.6. The van der Waals surface area contributed by atoms with Crippen molar-refractivity contribution in [3.05, 3.63) is 35.9 Å². The molecule has 2 rings (SSSR count). The Morgan fingerprint density at radius 2 is 2.08 bits per heavy atom. The van der Waals surface area contributed by atoms with E-state index < -0.39 is 18.2 Å². The first-order valence-corrected chi connectivity index (χ1v) is 8.04. The molecule has 0 unspecified atom stereocenters. The Kier molecular flexibility index (Phi) is 7.02. The van der Waals surface area contributed by atoms with E-state index in [1.165, 1.54) is 4.90 Å². The molecule has 24 heavy (non-hydrogen) atoms. The van der Waals surface area contributed by atoms with Crippen LogP contribution in [0.5, 0.6) is 0 Å². The molecule has 132 valence electrons. The minimum atomic E-state index is -0.719. The fourth-order valence-corrected chi connectivity index (χ4v) is 2.61. The lowest BCUT2D eigenvalue weighted by atomic mass is 10.2. The molecule has 0 spiro atoms. The third kappa shape index (κ3) is 5.21. The zero-order valence-electron chi connectivity index (χ0n) is 13.8. The zero-order valence-corrected chi connectivity index (χ0v) is 13.8. The summed E-state index contributed by atoms with van der Waals surface area (Å²) in [4.78, 5) is 25.8. The second-order valence-electron chi connectivity index (χ2n) is 5.74. The Morgan fingerprint density at radius 3 is 2.79 bits per heavy atom. The summed E-state index contributed by atoms with van der Waals surface area (Å²) < 4.78 is 10.2. The number of nitrogens with zero attached hydrogens (tertiary/aromatic N) is 1. The van der Waals surface area contributed by atoms with E-state index in [4.69, 9.17) is 9.47 Å². The molecule has 7 heteroatoms. The molecule has 2 amide bonds. The molecule has 0 aromatic heterocycles. The number of methoxy groups -OCH3 is 1. The summed E-state index contributed by atoms with van der Waals surface area (Å²) >= 11 is 0. The maximum Gasteiger partial charge on any atom is 0.410 e. The second kappa shape index (κ2) is 9.24. The number of aliphatic hydroxyl groups is 1. The second-order valence-corrected chi connectivity index (χ2v) is 5.74. The van der Waals surface area contributed by atoms with Crippen LogP contribution in [0.3, 0.4) is 0 Å². The Balaban J connectivity index is 1.86. The Morgan fingerprint density at radius 1 is 1.33 bits per heavy atom. The molecule has 0 radical (unpaired) electrons.